The van der Waals surface area contributed by atoms with Crippen molar-refractivity contribution in [3.63, 3.8) is 0 Å². The third kappa shape index (κ3) is 2.23. The molecule has 112 valence electrons. The van der Waals surface area contributed by atoms with E-state index < -0.39 is 11.4 Å². The van der Waals surface area contributed by atoms with Crippen molar-refractivity contribution < 1.29 is 14.7 Å². The van der Waals surface area contributed by atoms with Gasteiger partial charge in [0.05, 0.1) is 5.41 Å². The predicted octanol–water partition coefficient (Wildman–Crippen LogP) is 2.43. The van der Waals surface area contributed by atoms with Crippen LogP contribution in [0.15, 0.2) is 0 Å². The number of aliphatic carboxylic acids is 1. The number of carboxylic acid groups (broad SMARTS) is 1. The topological polar surface area (TPSA) is 66.4 Å². The second kappa shape index (κ2) is 4.47. The van der Waals surface area contributed by atoms with Gasteiger partial charge in [0.15, 0.2) is 0 Å². The Morgan fingerprint density at radius 2 is 1.55 bits per heavy atom. The maximum absolute atomic E-state index is 12.7. The number of nitrogens with one attached hydrogen (secondary N) is 1. The molecule has 0 atom stereocenters. The van der Waals surface area contributed by atoms with E-state index in [9.17, 15) is 9.59 Å². The smallest absolute Gasteiger partial charge is 0.310 e. The molecule has 4 aliphatic rings. The van der Waals surface area contributed by atoms with Gasteiger partial charge in [0.2, 0.25) is 5.91 Å². The second-order valence-electron chi connectivity index (χ2n) is 8.07. The zero-order chi connectivity index (χ0) is 14.5. The van der Waals surface area contributed by atoms with E-state index in [0.717, 1.165) is 37.0 Å². The van der Waals surface area contributed by atoms with Crippen molar-refractivity contribution >= 4 is 11.9 Å². The standard InChI is InChI=1S/C16H25NO3/c1-15(2,14(19)20)9-17-13(18)16-6-10-3-11(7-16)5-12(4-10)8-16/h10-12H,3-9H2,1-2H3,(H,17,18)(H,19,20). The zero-order valence-electron chi connectivity index (χ0n) is 12.4. The molecule has 0 aromatic carbocycles. The van der Waals surface area contributed by atoms with Gasteiger partial charge in [-0.15, -0.1) is 0 Å². The highest BCUT2D eigenvalue weighted by molar-refractivity contribution is 5.84. The third-order valence-electron chi connectivity index (χ3n) is 5.79. The summed E-state index contributed by atoms with van der Waals surface area (Å²) in [4.78, 5) is 23.8. The highest BCUT2D eigenvalue weighted by Gasteiger charge is 2.54. The van der Waals surface area contributed by atoms with Crippen molar-refractivity contribution in [1.82, 2.24) is 5.32 Å². The average Bonchev–Trinajstić information content (AvgIpc) is 2.34. The van der Waals surface area contributed by atoms with E-state index in [1.807, 2.05) is 0 Å². The van der Waals surface area contributed by atoms with Crippen molar-refractivity contribution in [2.24, 2.45) is 28.6 Å². The van der Waals surface area contributed by atoms with Gasteiger partial charge in [-0.3, -0.25) is 9.59 Å². The van der Waals surface area contributed by atoms with Crippen molar-refractivity contribution in [1.29, 1.82) is 0 Å². The molecule has 0 aliphatic heterocycles. The van der Waals surface area contributed by atoms with Crippen molar-refractivity contribution in [3.05, 3.63) is 0 Å². The number of hydrogen-bond acceptors (Lipinski definition) is 2. The van der Waals surface area contributed by atoms with Crippen LogP contribution in [-0.2, 0) is 9.59 Å². The molecule has 0 spiro atoms. The summed E-state index contributed by atoms with van der Waals surface area (Å²) in [5.41, 5.74) is -1.07. The molecule has 4 fully saturated rings. The quantitative estimate of drug-likeness (QED) is 0.830. The van der Waals surface area contributed by atoms with Crippen LogP contribution >= 0.6 is 0 Å². The maximum Gasteiger partial charge on any atom is 0.310 e. The third-order valence-corrected chi connectivity index (χ3v) is 5.79. The van der Waals surface area contributed by atoms with Crippen molar-refractivity contribution in [3.8, 4) is 0 Å². The van der Waals surface area contributed by atoms with Crippen LogP contribution in [0.1, 0.15) is 52.4 Å². The Morgan fingerprint density at radius 3 is 1.95 bits per heavy atom. The summed E-state index contributed by atoms with van der Waals surface area (Å²) in [6.07, 6.45) is 7.02. The summed E-state index contributed by atoms with van der Waals surface area (Å²) in [5, 5.41) is 12.1. The van der Waals surface area contributed by atoms with Crippen molar-refractivity contribution in [2.45, 2.75) is 52.4 Å². The van der Waals surface area contributed by atoms with Gasteiger partial charge in [-0.05, 0) is 70.1 Å². The number of amides is 1. The molecule has 0 unspecified atom stereocenters. The Hall–Kier alpha value is -1.06. The second-order valence-corrected chi connectivity index (χ2v) is 8.07. The normalized spacial score (nSPS) is 38.8. The molecule has 0 saturated heterocycles. The number of carboxylic acids is 1. The predicted molar refractivity (Wildman–Crippen MR) is 75.0 cm³/mol. The average molecular weight is 279 g/mol. The fourth-order valence-electron chi connectivity index (χ4n) is 4.95. The molecule has 4 saturated carbocycles. The van der Waals surface area contributed by atoms with E-state index in [0.29, 0.717) is 0 Å². The first kappa shape index (κ1) is 13.9. The van der Waals surface area contributed by atoms with Crippen LogP contribution in [0.5, 0.6) is 0 Å². The van der Waals surface area contributed by atoms with Crippen LogP contribution in [-0.4, -0.2) is 23.5 Å². The fourth-order valence-corrected chi connectivity index (χ4v) is 4.95. The minimum Gasteiger partial charge on any atom is -0.481 e. The molecule has 1 amide bonds. The van der Waals surface area contributed by atoms with Gasteiger partial charge in [-0.1, -0.05) is 0 Å². The van der Waals surface area contributed by atoms with E-state index in [1.165, 1.54) is 19.3 Å². The molecule has 0 aromatic rings. The Morgan fingerprint density at radius 1 is 1.10 bits per heavy atom. The molecule has 4 bridgehead atoms. The van der Waals surface area contributed by atoms with Crippen LogP contribution in [0.4, 0.5) is 0 Å². The van der Waals surface area contributed by atoms with E-state index in [-0.39, 0.29) is 17.9 Å². The summed E-state index contributed by atoms with van der Waals surface area (Å²) < 4.78 is 0. The van der Waals surface area contributed by atoms with Gasteiger partial charge in [-0.25, -0.2) is 0 Å². The first-order valence-corrected chi connectivity index (χ1v) is 7.82. The maximum atomic E-state index is 12.7. The zero-order valence-corrected chi connectivity index (χ0v) is 12.4. The van der Waals surface area contributed by atoms with Gasteiger partial charge in [0, 0.05) is 12.0 Å². The summed E-state index contributed by atoms with van der Waals surface area (Å²) in [6, 6.07) is 0. The molecule has 0 heterocycles. The van der Waals surface area contributed by atoms with Crippen molar-refractivity contribution in [2.75, 3.05) is 6.54 Å². The summed E-state index contributed by atoms with van der Waals surface area (Å²) in [6.45, 7) is 3.55. The number of carbonyl (C=O) groups is 2. The first-order valence-electron chi connectivity index (χ1n) is 7.82. The van der Waals surface area contributed by atoms with Crippen LogP contribution in [0, 0.1) is 28.6 Å². The lowest BCUT2D eigenvalue weighted by Crippen LogP contribution is -2.55. The SMILES string of the molecule is CC(C)(CNC(=O)C12CC3CC(CC(C3)C1)C2)C(=O)O. The molecule has 4 heteroatoms. The minimum absolute atomic E-state index is 0.117. The Labute approximate surface area is 120 Å². The highest BCUT2D eigenvalue weighted by Crippen LogP contribution is 2.60. The molecule has 4 rings (SSSR count). The van der Waals surface area contributed by atoms with Crippen LogP contribution in [0.25, 0.3) is 0 Å². The summed E-state index contributed by atoms with van der Waals surface area (Å²) in [7, 11) is 0. The van der Waals surface area contributed by atoms with Crippen LogP contribution in [0.3, 0.4) is 0 Å². The molecule has 0 aromatic heterocycles. The summed E-state index contributed by atoms with van der Waals surface area (Å²) >= 11 is 0. The van der Waals surface area contributed by atoms with Crippen LogP contribution in [0.2, 0.25) is 0 Å². The van der Waals surface area contributed by atoms with Gasteiger partial charge >= 0.3 is 5.97 Å². The van der Waals surface area contributed by atoms with E-state index in [4.69, 9.17) is 5.11 Å². The Balaban J connectivity index is 1.67. The monoisotopic (exact) mass is 279 g/mol. The highest BCUT2D eigenvalue weighted by atomic mass is 16.4. The van der Waals surface area contributed by atoms with Crippen LogP contribution < -0.4 is 5.32 Å². The minimum atomic E-state index is -0.891. The Bertz CT molecular complexity index is 406. The molecule has 20 heavy (non-hydrogen) atoms. The number of carbonyl (C=O) groups excluding carboxylic acids is 1. The molecule has 4 aliphatic carbocycles. The largest absolute Gasteiger partial charge is 0.481 e. The fraction of sp³-hybridized carbons (Fsp3) is 0.875. The molecule has 2 N–H and O–H groups in total. The molecule has 4 nitrogen and oxygen atoms in total. The van der Waals surface area contributed by atoms with Gasteiger partial charge in [-0.2, -0.15) is 0 Å². The molecule has 0 radical (unpaired) electrons. The molecular weight excluding hydrogens is 254 g/mol. The lowest BCUT2D eigenvalue weighted by molar-refractivity contribution is -0.150. The van der Waals surface area contributed by atoms with Gasteiger partial charge in [0.1, 0.15) is 0 Å². The van der Waals surface area contributed by atoms with Gasteiger partial charge in [0.25, 0.3) is 0 Å². The number of hydrogen-bond donors (Lipinski definition) is 2. The molecular formula is C16H25NO3. The number of rotatable bonds is 4. The lowest BCUT2D eigenvalue weighted by Gasteiger charge is -2.55. The van der Waals surface area contributed by atoms with Gasteiger partial charge < -0.3 is 10.4 Å². The first-order chi connectivity index (χ1) is 9.31. The summed E-state index contributed by atoms with van der Waals surface area (Å²) in [5.74, 6) is 1.47. The van der Waals surface area contributed by atoms with E-state index >= 15 is 0 Å². The van der Waals surface area contributed by atoms with E-state index in [1.54, 1.807) is 13.8 Å². The Kier molecular flexibility index (Phi) is 3.11. The van der Waals surface area contributed by atoms with E-state index in [2.05, 4.69) is 5.32 Å². The lowest BCUT2D eigenvalue weighted by atomic mass is 9.49.